The highest BCUT2D eigenvalue weighted by Gasteiger charge is 2.54. The third-order valence-electron chi connectivity index (χ3n) is 5.29. The predicted octanol–water partition coefficient (Wildman–Crippen LogP) is 2.65. The lowest BCUT2D eigenvalue weighted by Crippen LogP contribution is -2.52. The first-order valence-electron chi connectivity index (χ1n) is 7.84. The van der Waals surface area contributed by atoms with Gasteiger partial charge in [0.2, 0.25) is 11.8 Å². The summed E-state index contributed by atoms with van der Waals surface area (Å²) >= 11 is 3.55. The summed E-state index contributed by atoms with van der Waals surface area (Å²) in [7, 11) is 0. The summed E-state index contributed by atoms with van der Waals surface area (Å²) < 4.78 is 0. The Kier molecular flexibility index (Phi) is 3.31. The van der Waals surface area contributed by atoms with Gasteiger partial charge in [0.1, 0.15) is 6.04 Å². The normalized spacial score (nSPS) is 34.0. The van der Waals surface area contributed by atoms with E-state index in [1.807, 2.05) is 9.80 Å². The molecule has 3 aliphatic rings. The van der Waals surface area contributed by atoms with E-state index in [-0.39, 0.29) is 28.8 Å². The predicted molar refractivity (Wildman–Crippen MR) is 88.9 cm³/mol. The molecule has 0 spiro atoms. The Labute approximate surface area is 138 Å². The van der Waals surface area contributed by atoms with E-state index >= 15 is 0 Å². The summed E-state index contributed by atoms with van der Waals surface area (Å²) in [5.41, 5.74) is 1.28. The molecule has 2 amide bonds. The highest BCUT2D eigenvalue weighted by Crippen LogP contribution is 2.48. The topological polar surface area (TPSA) is 40.6 Å². The van der Waals surface area contributed by atoms with E-state index in [2.05, 4.69) is 25.3 Å². The molecule has 118 valence electrons. The number of carbonyl (C=O) groups is 2. The second-order valence-corrected chi connectivity index (χ2v) is 9.02. The lowest BCUT2D eigenvalue weighted by molar-refractivity contribution is -0.145. The van der Waals surface area contributed by atoms with Crippen molar-refractivity contribution < 1.29 is 9.59 Å². The number of thiophene rings is 1. The molecule has 1 aromatic heterocycles. The highest BCUT2D eigenvalue weighted by atomic mass is 32.2. The second-order valence-electron chi connectivity index (χ2n) is 6.52. The van der Waals surface area contributed by atoms with Crippen molar-refractivity contribution in [3.63, 3.8) is 0 Å². The molecule has 6 heteroatoms. The second kappa shape index (κ2) is 4.99. The monoisotopic (exact) mass is 336 g/mol. The molecule has 22 heavy (non-hydrogen) atoms. The molecule has 0 unspecified atom stereocenters. The van der Waals surface area contributed by atoms with Gasteiger partial charge in [0.05, 0.1) is 10.9 Å². The van der Waals surface area contributed by atoms with E-state index < -0.39 is 0 Å². The van der Waals surface area contributed by atoms with Crippen LogP contribution in [0.4, 0.5) is 0 Å². The van der Waals surface area contributed by atoms with Gasteiger partial charge < -0.3 is 9.80 Å². The highest BCUT2D eigenvalue weighted by molar-refractivity contribution is 8.01. The van der Waals surface area contributed by atoms with E-state index in [1.165, 1.54) is 10.4 Å². The maximum atomic E-state index is 13.1. The van der Waals surface area contributed by atoms with Crippen molar-refractivity contribution in [2.75, 3.05) is 12.3 Å². The van der Waals surface area contributed by atoms with Gasteiger partial charge in [-0.25, -0.2) is 0 Å². The summed E-state index contributed by atoms with van der Waals surface area (Å²) in [5.74, 6) is 1.02. The van der Waals surface area contributed by atoms with Crippen LogP contribution in [0.3, 0.4) is 0 Å². The first-order chi connectivity index (χ1) is 10.5. The molecule has 4 heterocycles. The van der Waals surface area contributed by atoms with Gasteiger partial charge in [-0.1, -0.05) is 0 Å². The van der Waals surface area contributed by atoms with Crippen LogP contribution in [0.2, 0.25) is 0 Å². The average molecular weight is 336 g/mol. The summed E-state index contributed by atoms with van der Waals surface area (Å²) in [6, 6.07) is 1.99. The van der Waals surface area contributed by atoms with Crippen LogP contribution in [0.1, 0.15) is 43.2 Å². The number of thioether (sulfide) groups is 1. The number of carbonyl (C=O) groups excluding carboxylic acids is 2. The molecule has 0 N–H and O–H groups in total. The van der Waals surface area contributed by atoms with Crippen LogP contribution in [-0.2, 0) is 16.0 Å². The summed E-state index contributed by atoms with van der Waals surface area (Å²) in [4.78, 5) is 30.4. The van der Waals surface area contributed by atoms with Crippen molar-refractivity contribution in [2.24, 2.45) is 0 Å². The minimum atomic E-state index is -0.271. The number of hydrogen-bond acceptors (Lipinski definition) is 4. The molecule has 2 fully saturated rings. The Bertz CT molecular complexity index is 644. The Morgan fingerprint density at radius 1 is 1.41 bits per heavy atom. The molecule has 3 aliphatic heterocycles. The van der Waals surface area contributed by atoms with E-state index in [4.69, 9.17) is 0 Å². The van der Waals surface area contributed by atoms with Gasteiger partial charge >= 0.3 is 0 Å². The first-order valence-corrected chi connectivity index (χ1v) is 9.71. The summed E-state index contributed by atoms with van der Waals surface area (Å²) in [5, 5.41) is 2.11. The fourth-order valence-corrected chi connectivity index (χ4v) is 6.39. The molecule has 0 aliphatic carbocycles. The first kappa shape index (κ1) is 14.6. The fraction of sp³-hybridized carbons (Fsp3) is 0.625. The van der Waals surface area contributed by atoms with Crippen LogP contribution < -0.4 is 0 Å². The van der Waals surface area contributed by atoms with Crippen LogP contribution >= 0.6 is 23.1 Å². The quantitative estimate of drug-likeness (QED) is 0.792. The third kappa shape index (κ3) is 1.96. The molecule has 0 radical (unpaired) electrons. The Morgan fingerprint density at radius 2 is 2.23 bits per heavy atom. The zero-order valence-electron chi connectivity index (χ0n) is 12.9. The molecule has 0 bridgehead atoms. The standard InChI is InChI=1S/C16H20N2O2S2/c1-10-11-5-8-21-13(11)4-7-17(10)15(20)12-9-22-16(2)6-3-14(19)18(12)16/h5,8,10,12H,3-4,6-7,9H2,1-2H3/t10-,12-,16-/m1/s1. The van der Waals surface area contributed by atoms with Crippen molar-refractivity contribution in [3.8, 4) is 0 Å². The Morgan fingerprint density at radius 3 is 3.05 bits per heavy atom. The molecule has 3 atom stereocenters. The van der Waals surface area contributed by atoms with Crippen molar-refractivity contribution >= 4 is 34.9 Å². The van der Waals surface area contributed by atoms with Gasteiger partial charge in [-0.05, 0) is 43.7 Å². The fourth-order valence-electron chi connectivity index (χ4n) is 4.01. The van der Waals surface area contributed by atoms with Gasteiger partial charge in [-0.2, -0.15) is 0 Å². The van der Waals surface area contributed by atoms with E-state index in [0.29, 0.717) is 6.42 Å². The van der Waals surface area contributed by atoms with Crippen LogP contribution in [0.15, 0.2) is 11.4 Å². The van der Waals surface area contributed by atoms with Crippen LogP contribution in [0.25, 0.3) is 0 Å². The van der Waals surface area contributed by atoms with E-state index in [0.717, 1.165) is 25.1 Å². The number of fused-ring (bicyclic) bond motifs is 2. The van der Waals surface area contributed by atoms with Crippen molar-refractivity contribution in [1.82, 2.24) is 9.80 Å². The van der Waals surface area contributed by atoms with Gasteiger partial charge in [0.25, 0.3) is 0 Å². The van der Waals surface area contributed by atoms with E-state index in [9.17, 15) is 9.59 Å². The van der Waals surface area contributed by atoms with Crippen molar-refractivity contribution in [2.45, 2.75) is 50.1 Å². The molecular weight excluding hydrogens is 316 g/mol. The lowest BCUT2D eigenvalue weighted by atomic mass is 10.0. The Hall–Kier alpha value is -1.01. The van der Waals surface area contributed by atoms with Gasteiger partial charge in [-0.3, -0.25) is 9.59 Å². The van der Waals surface area contributed by atoms with Gasteiger partial charge in [0, 0.05) is 23.6 Å². The van der Waals surface area contributed by atoms with Crippen LogP contribution in [0.5, 0.6) is 0 Å². The van der Waals surface area contributed by atoms with Crippen molar-refractivity contribution in [1.29, 1.82) is 0 Å². The zero-order valence-corrected chi connectivity index (χ0v) is 14.5. The molecular formula is C16H20N2O2S2. The van der Waals surface area contributed by atoms with Crippen molar-refractivity contribution in [3.05, 3.63) is 21.9 Å². The number of nitrogens with zero attached hydrogens (tertiary/aromatic N) is 2. The zero-order chi connectivity index (χ0) is 15.5. The maximum Gasteiger partial charge on any atom is 0.246 e. The molecule has 2 saturated heterocycles. The molecule has 1 aromatic rings. The molecule has 0 aromatic carbocycles. The smallest absolute Gasteiger partial charge is 0.246 e. The van der Waals surface area contributed by atoms with Crippen LogP contribution in [0, 0.1) is 0 Å². The van der Waals surface area contributed by atoms with Gasteiger partial charge in [-0.15, -0.1) is 23.1 Å². The number of hydrogen-bond donors (Lipinski definition) is 0. The van der Waals surface area contributed by atoms with Gasteiger partial charge in [0.15, 0.2) is 0 Å². The third-order valence-corrected chi connectivity index (χ3v) is 7.79. The summed E-state index contributed by atoms with van der Waals surface area (Å²) in [6.07, 6.45) is 2.39. The largest absolute Gasteiger partial charge is 0.334 e. The van der Waals surface area contributed by atoms with E-state index in [1.54, 1.807) is 23.1 Å². The average Bonchev–Trinajstić information content (AvgIpc) is 3.15. The Balaban J connectivity index is 1.59. The molecule has 4 nitrogen and oxygen atoms in total. The lowest BCUT2D eigenvalue weighted by Gasteiger charge is -2.38. The number of rotatable bonds is 1. The SMILES string of the molecule is C[C@@H]1c2ccsc2CCN1C(=O)[C@H]1CS[C@]2(C)CCC(=O)N12. The minimum Gasteiger partial charge on any atom is -0.334 e. The molecule has 4 rings (SSSR count). The number of amides is 2. The summed E-state index contributed by atoms with van der Waals surface area (Å²) in [6.45, 7) is 4.98. The molecule has 0 saturated carbocycles. The maximum absolute atomic E-state index is 13.1. The van der Waals surface area contributed by atoms with Crippen LogP contribution in [-0.4, -0.2) is 44.8 Å². The minimum absolute atomic E-state index is 0.122.